The highest BCUT2D eigenvalue weighted by Gasteiger charge is 2.29. The van der Waals surface area contributed by atoms with Crippen LogP contribution in [0, 0.1) is 0 Å². The first-order valence-electron chi connectivity index (χ1n) is 14.3. The highest BCUT2D eigenvalue weighted by Crippen LogP contribution is 2.44. The third kappa shape index (κ3) is 4.32. The van der Waals surface area contributed by atoms with E-state index >= 15 is 0 Å². The van der Waals surface area contributed by atoms with Crippen molar-refractivity contribution in [3.05, 3.63) is 158 Å². The third-order valence-electron chi connectivity index (χ3n) is 8.16. The van der Waals surface area contributed by atoms with Crippen molar-refractivity contribution in [2.75, 3.05) is 0 Å². The van der Waals surface area contributed by atoms with Crippen LogP contribution < -0.4 is 15.9 Å². The number of aromatic nitrogens is 1. The average molecular weight is 588 g/mol. The van der Waals surface area contributed by atoms with E-state index in [2.05, 4.69) is 84.9 Å². The van der Waals surface area contributed by atoms with E-state index < -0.39 is 7.14 Å². The number of fused-ring (bicyclic) bond motifs is 5. The maximum atomic E-state index is 14.8. The van der Waals surface area contributed by atoms with Gasteiger partial charge in [0.2, 0.25) is 0 Å². The molecule has 0 spiro atoms. The Morgan fingerprint density at radius 1 is 0.488 bits per heavy atom. The average Bonchev–Trinajstić information content (AvgIpc) is 3.48. The summed E-state index contributed by atoms with van der Waals surface area (Å²) < 4.78 is 17.3. The van der Waals surface area contributed by atoms with Gasteiger partial charge in [-0.2, -0.15) is 0 Å². The SMILES string of the molecule is O=P(c1ccccc1)(c1ccccc1)c1ccc(-c2cccc(-c3nc4ccccc4c4c3sc3ccccc34)c2)cc1. The summed E-state index contributed by atoms with van der Waals surface area (Å²) in [6.45, 7) is 0. The van der Waals surface area contributed by atoms with Crippen LogP contribution in [0.2, 0.25) is 0 Å². The van der Waals surface area contributed by atoms with Crippen molar-refractivity contribution >= 4 is 65.5 Å². The van der Waals surface area contributed by atoms with Crippen LogP contribution in [0.3, 0.4) is 0 Å². The minimum absolute atomic E-state index is 0.827. The molecule has 0 aliphatic carbocycles. The molecule has 2 heterocycles. The van der Waals surface area contributed by atoms with E-state index in [4.69, 9.17) is 4.98 Å². The van der Waals surface area contributed by atoms with Gasteiger partial charge in [0.1, 0.15) is 0 Å². The fourth-order valence-corrected chi connectivity index (χ4v) is 9.94. The van der Waals surface area contributed by atoms with Crippen LogP contribution in [0.15, 0.2) is 158 Å². The molecule has 4 heteroatoms. The van der Waals surface area contributed by atoms with Gasteiger partial charge in [0.05, 0.1) is 15.9 Å². The maximum absolute atomic E-state index is 14.8. The Bertz CT molecular complexity index is 2270. The van der Waals surface area contributed by atoms with E-state index in [1.807, 2.05) is 72.8 Å². The molecule has 2 nitrogen and oxygen atoms in total. The Kier molecular flexibility index (Phi) is 6.30. The number of para-hydroxylation sites is 1. The predicted octanol–water partition coefficient (Wildman–Crippen LogP) is 9.58. The molecule has 0 saturated carbocycles. The van der Waals surface area contributed by atoms with E-state index in [9.17, 15) is 4.57 Å². The summed E-state index contributed by atoms with van der Waals surface area (Å²) in [6, 6.07) is 53.5. The lowest BCUT2D eigenvalue weighted by Crippen LogP contribution is -2.24. The van der Waals surface area contributed by atoms with Crippen molar-refractivity contribution in [3.63, 3.8) is 0 Å². The fourth-order valence-electron chi connectivity index (χ4n) is 6.06. The number of pyridine rings is 1. The summed E-state index contributed by atoms with van der Waals surface area (Å²) in [5.74, 6) is 0. The van der Waals surface area contributed by atoms with Crippen LogP contribution in [-0.4, -0.2) is 4.98 Å². The third-order valence-corrected chi connectivity index (χ3v) is 12.4. The molecule has 0 atom stereocenters. The molecule has 8 aromatic rings. The Labute approximate surface area is 254 Å². The molecule has 0 unspecified atom stereocenters. The first-order valence-corrected chi connectivity index (χ1v) is 16.9. The first kappa shape index (κ1) is 25.9. The monoisotopic (exact) mass is 587 g/mol. The molecule has 8 rings (SSSR count). The van der Waals surface area contributed by atoms with Crippen LogP contribution >= 0.6 is 18.5 Å². The molecule has 0 amide bonds. The standard InChI is InChI=1S/C39H26NOPS/c41-42(30-14-3-1-4-15-30,31-16-5-2-6-17-31)32-24-22-27(23-25-32)28-12-11-13-29(26-28)38-39-37(33-18-7-9-20-35(33)40-38)34-19-8-10-21-36(34)43-39/h1-26H. The van der Waals surface area contributed by atoms with Gasteiger partial charge in [0.15, 0.2) is 7.14 Å². The second-order valence-corrected chi connectivity index (χ2v) is 14.5. The molecule has 2 aromatic heterocycles. The Balaban J connectivity index is 1.25. The number of hydrogen-bond acceptors (Lipinski definition) is 3. The van der Waals surface area contributed by atoms with Crippen LogP contribution in [0.25, 0.3) is 53.5 Å². The zero-order valence-corrected chi connectivity index (χ0v) is 24.9. The van der Waals surface area contributed by atoms with Gasteiger partial charge in [-0.1, -0.05) is 140 Å². The number of rotatable bonds is 5. The molecule has 0 bridgehead atoms. The zero-order valence-electron chi connectivity index (χ0n) is 23.2. The lowest BCUT2D eigenvalue weighted by molar-refractivity contribution is 0.592. The Morgan fingerprint density at radius 3 is 1.79 bits per heavy atom. The van der Waals surface area contributed by atoms with Gasteiger partial charge >= 0.3 is 0 Å². The normalized spacial score (nSPS) is 11.8. The van der Waals surface area contributed by atoms with Gasteiger partial charge in [-0.25, -0.2) is 4.98 Å². The molecule has 0 saturated heterocycles. The van der Waals surface area contributed by atoms with E-state index in [0.717, 1.165) is 43.8 Å². The second-order valence-electron chi connectivity index (χ2n) is 10.7. The van der Waals surface area contributed by atoms with Crippen molar-refractivity contribution < 1.29 is 4.57 Å². The minimum Gasteiger partial charge on any atom is -0.309 e. The summed E-state index contributed by atoms with van der Waals surface area (Å²) in [6.07, 6.45) is 0. The predicted molar refractivity (Wildman–Crippen MR) is 185 cm³/mol. The summed E-state index contributed by atoms with van der Waals surface area (Å²) >= 11 is 1.81. The number of hydrogen-bond donors (Lipinski definition) is 0. The van der Waals surface area contributed by atoms with Crippen molar-refractivity contribution in [2.45, 2.75) is 0 Å². The van der Waals surface area contributed by atoms with E-state index in [1.54, 1.807) is 11.3 Å². The van der Waals surface area contributed by atoms with E-state index in [-0.39, 0.29) is 0 Å². The van der Waals surface area contributed by atoms with Gasteiger partial charge in [-0.15, -0.1) is 11.3 Å². The Hall–Kier alpha value is -4.82. The quantitative estimate of drug-likeness (QED) is 0.188. The highest BCUT2D eigenvalue weighted by molar-refractivity contribution is 7.85. The van der Waals surface area contributed by atoms with Gasteiger partial charge in [0.25, 0.3) is 0 Å². The first-order chi connectivity index (χ1) is 21.2. The van der Waals surface area contributed by atoms with Crippen molar-refractivity contribution in [1.29, 1.82) is 0 Å². The number of thiophene rings is 1. The van der Waals surface area contributed by atoms with Crippen molar-refractivity contribution in [1.82, 2.24) is 4.98 Å². The van der Waals surface area contributed by atoms with Crippen LogP contribution in [0.5, 0.6) is 0 Å². The lowest BCUT2D eigenvalue weighted by Gasteiger charge is -2.20. The van der Waals surface area contributed by atoms with Gasteiger partial charge in [0, 0.05) is 42.3 Å². The molecule has 204 valence electrons. The molecule has 0 aliphatic heterocycles. The molecule has 0 aliphatic rings. The fraction of sp³-hybridized carbons (Fsp3) is 0. The molecular formula is C39H26NOPS. The molecule has 0 radical (unpaired) electrons. The smallest absolute Gasteiger partial charge is 0.171 e. The highest BCUT2D eigenvalue weighted by atomic mass is 32.1. The molecule has 6 aromatic carbocycles. The Morgan fingerprint density at radius 2 is 1.07 bits per heavy atom. The molecule has 0 fully saturated rings. The van der Waals surface area contributed by atoms with Crippen LogP contribution in [0.4, 0.5) is 0 Å². The summed E-state index contributed by atoms with van der Waals surface area (Å²) in [5, 5.41) is 6.24. The van der Waals surface area contributed by atoms with Gasteiger partial charge in [-0.05, 0) is 29.3 Å². The van der Waals surface area contributed by atoms with Crippen molar-refractivity contribution in [2.24, 2.45) is 0 Å². The molecular weight excluding hydrogens is 561 g/mol. The number of nitrogens with zero attached hydrogens (tertiary/aromatic N) is 1. The largest absolute Gasteiger partial charge is 0.309 e. The zero-order chi connectivity index (χ0) is 28.8. The molecule has 43 heavy (non-hydrogen) atoms. The van der Waals surface area contributed by atoms with Crippen LogP contribution in [0.1, 0.15) is 0 Å². The summed E-state index contributed by atoms with van der Waals surface area (Å²) in [7, 11) is -3.02. The van der Waals surface area contributed by atoms with Gasteiger partial charge in [-0.3, -0.25) is 0 Å². The van der Waals surface area contributed by atoms with Gasteiger partial charge < -0.3 is 4.57 Å². The lowest BCUT2D eigenvalue weighted by atomic mass is 9.99. The summed E-state index contributed by atoms with van der Waals surface area (Å²) in [4.78, 5) is 5.19. The topological polar surface area (TPSA) is 30.0 Å². The van der Waals surface area contributed by atoms with Crippen LogP contribution in [-0.2, 0) is 4.57 Å². The minimum atomic E-state index is -3.02. The summed E-state index contributed by atoms with van der Waals surface area (Å²) in [5.41, 5.74) is 5.27. The second kappa shape index (κ2) is 10.5. The molecule has 0 N–H and O–H groups in total. The van der Waals surface area contributed by atoms with E-state index in [0.29, 0.717) is 0 Å². The maximum Gasteiger partial charge on any atom is 0.171 e. The van der Waals surface area contributed by atoms with E-state index in [1.165, 1.54) is 25.6 Å². The number of benzene rings is 6. The van der Waals surface area contributed by atoms with Crippen molar-refractivity contribution in [3.8, 4) is 22.4 Å².